The fourth-order valence-electron chi connectivity index (χ4n) is 3.54. The van der Waals surface area contributed by atoms with Crippen molar-refractivity contribution >= 4 is 11.6 Å². The van der Waals surface area contributed by atoms with Crippen molar-refractivity contribution in [1.82, 2.24) is 19.9 Å². The van der Waals surface area contributed by atoms with Crippen LogP contribution in [0.3, 0.4) is 0 Å². The molecule has 7 nitrogen and oxygen atoms in total. The van der Waals surface area contributed by atoms with Crippen molar-refractivity contribution in [2.24, 2.45) is 0 Å². The third-order valence-corrected chi connectivity index (χ3v) is 4.69. The van der Waals surface area contributed by atoms with E-state index in [-0.39, 0.29) is 18.1 Å². The minimum Gasteiger partial charge on any atom is -0.370 e. The molecular weight excluding hydrogens is 306 g/mol. The first-order valence-corrected chi connectivity index (χ1v) is 8.28. The highest BCUT2D eigenvalue weighted by Crippen LogP contribution is 2.30. The first-order chi connectivity index (χ1) is 11.7. The van der Waals surface area contributed by atoms with Crippen LogP contribution in [-0.4, -0.2) is 45.0 Å². The number of nitrogens with one attached hydrogen (secondary N) is 1. The number of aromatic nitrogens is 3. The highest BCUT2D eigenvalue weighted by Gasteiger charge is 2.36. The first kappa shape index (κ1) is 15.3. The predicted octanol–water partition coefficient (Wildman–Crippen LogP) is 1.58. The van der Waals surface area contributed by atoms with E-state index in [4.69, 9.17) is 4.74 Å². The fourth-order valence-corrected chi connectivity index (χ4v) is 3.54. The van der Waals surface area contributed by atoms with Crippen molar-refractivity contribution in [3.8, 4) is 0 Å². The topological polar surface area (TPSA) is 72.3 Å². The van der Waals surface area contributed by atoms with Crippen LogP contribution in [0.15, 0.2) is 30.5 Å². The fraction of sp³-hybridized carbons (Fsp3) is 0.471. The van der Waals surface area contributed by atoms with E-state index in [1.807, 2.05) is 16.8 Å². The van der Waals surface area contributed by atoms with Crippen LogP contribution in [0.5, 0.6) is 0 Å². The molecule has 1 aromatic carbocycles. The Balaban J connectivity index is 1.42. The van der Waals surface area contributed by atoms with Crippen molar-refractivity contribution in [3.05, 3.63) is 41.7 Å². The number of piperidine rings is 1. The summed E-state index contributed by atoms with van der Waals surface area (Å²) in [6.07, 6.45) is 3.03. The maximum atomic E-state index is 11.1. The molecule has 7 heteroatoms. The Hall–Kier alpha value is -2.25. The molecule has 24 heavy (non-hydrogen) atoms. The molecule has 0 unspecified atom stereocenters. The largest absolute Gasteiger partial charge is 0.370 e. The number of carbonyl (C=O) groups is 1. The molecule has 1 amide bonds. The summed E-state index contributed by atoms with van der Waals surface area (Å²) in [4.78, 5) is 13.5. The number of ether oxygens (including phenoxy) is 1. The summed E-state index contributed by atoms with van der Waals surface area (Å²) in [5.41, 5.74) is 3.12. The highest BCUT2D eigenvalue weighted by atomic mass is 16.5. The SMILES string of the molecule is CC(=O)Nc1ccc(CN2CC[C@@H]3OCc4cnnn4[C@H]3C2)cc1. The van der Waals surface area contributed by atoms with Crippen molar-refractivity contribution < 1.29 is 9.53 Å². The third kappa shape index (κ3) is 3.05. The number of amides is 1. The van der Waals surface area contributed by atoms with Gasteiger partial charge in [0, 0.05) is 32.2 Å². The molecule has 126 valence electrons. The maximum Gasteiger partial charge on any atom is 0.221 e. The van der Waals surface area contributed by atoms with Crippen LogP contribution in [-0.2, 0) is 22.7 Å². The Morgan fingerprint density at radius 2 is 2.21 bits per heavy atom. The summed E-state index contributed by atoms with van der Waals surface area (Å²) in [6, 6.07) is 8.26. The summed E-state index contributed by atoms with van der Waals surface area (Å²) in [7, 11) is 0. The molecule has 1 aromatic heterocycles. The lowest BCUT2D eigenvalue weighted by Gasteiger charge is -2.41. The number of hydrogen-bond acceptors (Lipinski definition) is 5. The predicted molar refractivity (Wildman–Crippen MR) is 88.3 cm³/mol. The van der Waals surface area contributed by atoms with E-state index in [1.165, 1.54) is 12.5 Å². The quantitative estimate of drug-likeness (QED) is 0.927. The first-order valence-electron chi connectivity index (χ1n) is 8.28. The Labute approximate surface area is 140 Å². The van der Waals surface area contributed by atoms with Gasteiger partial charge in [0.05, 0.1) is 30.6 Å². The Morgan fingerprint density at radius 3 is 3.00 bits per heavy atom. The van der Waals surface area contributed by atoms with E-state index >= 15 is 0 Å². The molecule has 2 aliphatic rings. The Morgan fingerprint density at radius 1 is 1.38 bits per heavy atom. The Kier molecular flexibility index (Phi) is 4.03. The third-order valence-electron chi connectivity index (χ3n) is 4.69. The number of anilines is 1. The molecule has 2 atom stereocenters. The lowest BCUT2D eigenvalue weighted by molar-refractivity contribution is -0.114. The molecule has 1 saturated heterocycles. The van der Waals surface area contributed by atoms with Crippen LogP contribution < -0.4 is 5.32 Å². The van der Waals surface area contributed by atoms with Crippen LogP contribution in [0.2, 0.25) is 0 Å². The smallest absolute Gasteiger partial charge is 0.221 e. The van der Waals surface area contributed by atoms with E-state index in [0.717, 1.165) is 37.4 Å². The number of rotatable bonds is 3. The zero-order valence-corrected chi connectivity index (χ0v) is 13.7. The van der Waals surface area contributed by atoms with Gasteiger partial charge in [-0.05, 0) is 24.1 Å². The van der Waals surface area contributed by atoms with E-state index in [2.05, 4.69) is 32.7 Å². The second-order valence-corrected chi connectivity index (χ2v) is 6.49. The van der Waals surface area contributed by atoms with Gasteiger partial charge in [-0.15, -0.1) is 5.10 Å². The molecule has 2 aromatic rings. The van der Waals surface area contributed by atoms with Gasteiger partial charge in [0.25, 0.3) is 0 Å². The lowest BCUT2D eigenvalue weighted by Crippen LogP contribution is -2.47. The van der Waals surface area contributed by atoms with Crippen molar-refractivity contribution in [2.45, 2.75) is 38.6 Å². The summed E-state index contributed by atoms with van der Waals surface area (Å²) >= 11 is 0. The molecule has 0 spiro atoms. The number of hydrogen-bond donors (Lipinski definition) is 1. The molecule has 0 aliphatic carbocycles. The molecular formula is C17H21N5O2. The average molecular weight is 327 g/mol. The summed E-state index contributed by atoms with van der Waals surface area (Å²) in [5.74, 6) is -0.0502. The monoisotopic (exact) mass is 327 g/mol. The normalized spacial score (nSPS) is 23.4. The molecule has 0 bridgehead atoms. The van der Waals surface area contributed by atoms with Gasteiger partial charge in [0.15, 0.2) is 0 Å². The van der Waals surface area contributed by atoms with Gasteiger partial charge in [-0.3, -0.25) is 9.69 Å². The van der Waals surface area contributed by atoms with Crippen molar-refractivity contribution in [1.29, 1.82) is 0 Å². The zero-order chi connectivity index (χ0) is 16.5. The number of fused-ring (bicyclic) bond motifs is 3. The number of carbonyl (C=O) groups excluding carboxylic acids is 1. The number of likely N-dealkylation sites (tertiary alicyclic amines) is 1. The molecule has 3 heterocycles. The summed E-state index contributed by atoms with van der Waals surface area (Å²) in [5, 5.41) is 11.1. The van der Waals surface area contributed by atoms with Crippen LogP contribution >= 0.6 is 0 Å². The van der Waals surface area contributed by atoms with E-state index in [9.17, 15) is 4.79 Å². The Bertz CT molecular complexity index is 727. The standard InChI is InChI=1S/C17H21N5O2/c1-12(23)19-14-4-2-13(3-5-14)9-21-7-6-17-16(10-21)22-15(11-24-17)8-18-20-22/h2-5,8,16-17H,6-7,9-11H2,1H3,(H,19,23)/t16-,17-/m0/s1. The second kappa shape index (κ2) is 6.33. The molecule has 0 saturated carbocycles. The minimum atomic E-state index is -0.0502. The van der Waals surface area contributed by atoms with Gasteiger partial charge in [0.2, 0.25) is 5.91 Å². The van der Waals surface area contributed by atoms with Gasteiger partial charge < -0.3 is 10.1 Å². The van der Waals surface area contributed by atoms with E-state index in [0.29, 0.717) is 6.61 Å². The molecule has 0 radical (unpaired) electrons. The zero-order valence-electron chi connectivity index (χ0n) is 13.7. The molecule has 1 fully saturated rings. The van der Waals surface area contributed by atoms with Gasteiger partial charge in [-0.25, -0.2) is 4.68 Å². The van der Waals surface area contributed by atoms with Gasteiger partial charge in [-0.1, -0.05) is 17.3 Å². The van der Waals surface area contributed by atoms with Crippen molar-refractivity contribution in [2.75, 3.05) is 18.4 Å². The van der Waals surface area contributed by atoms with Gasteiger partial charge in [0.1, 0.15) is 0 Å². The maximum absolute atomic E-state index is 11.1. The van der Waals surface area contributed by atoms with E-state index < -0.39 is 0 Å². The van der Waals surface area contributed by atoms with E-state index in [1.54, 1.807) is 6.20 Å². The van der Waals surface area contributed by atoms with Crippen LogP contribution in [0.1, 0.15) is 30.6 Å². The summed E-state index contributed by atoms with van der Waals surface area (Å²) in [6.45, 7) is 4.93. The molecule has 4 rings (SSSR count). The molecule has 1 N–H and O–H groups in total. The molecule has 2 aliphatic heterocycles. The highest BCUT2D eigenvalue weighted by molar-refractivity contribution is 5.88. The van der Waals surface area contributed by atoms with Crippen LogP contribution in [0, 0.1) is 0 Å². The van der Waals surface area contributed by atoms with Crippen LogP contribution in [0.25, 0.3) is 0 Å². The second-order valence-electron chi connectivity index (χ2n) is 6.49. The number of benzene rings is 1. The number of nitrogens with zero attached hydrogens (tertiary/aromatic N) is 4. The van der Waals surface area contributed by atoms with Gasteiger partial charge in [-0.2, -0.15) is 0 Å². The average Bonchev–Trinajstić information content (AvgIpc) is 3.05. The van der Waals surface area contributed by atoms with Gasteiger partial charge >= 0.3 is 0 Å². The van der Waals surface area contributed by atoms with Crippen LogP contribution in [0.4, 0.5) is 5.69 Å². The van der Waals surface area contributed by atoms with Crippen molar-refractivity contribution in [3.63, 3.8) is 0 Å². The summed E-state index contributed by atoms with van der Waals surface area (Å²) < 4.78 is 7.98. The minimum absolute atomic E-state index is 0.0502. The lowest BCUT2D eigenvalue weighted by atomic mass is 10.00.